The fourth-order valence-electron chi connectivity index (χ4n) is 7.91. The van der Waals surface area contributed by atoms with E-state index in [-0.39, 0.29) is 56.8 Å². The van der Waals surface area contributed by atoms with E-state index in [0.29, 0.717) is 5.56 Å². The summed E-state index contributed by atoms with van der Waals surface area (Å²) >= 11 is 3.36. The number of aliphatic hydroxyl groups is 2. The van der Waals surface area contributed by atoms with Gasteiger partial charge in [0, 0.05) is 20.1 Å². The maximum absolute atomic E-state index is 14.5. The van der Waals surface area contributed by atoms with Crippen LogP contribution in [0.1, 0.15) is 41.1 Å². The SMILES string of the molecule is CO[C@H]1O[C@H](CO)[C@@H](OCc2ccccc2)[C@H](OCc2ccccc2)[C@@H]1OCCC[C@]1(O)O[C@H]([C@@H](Cc2ccccc2)C(=O)N2C(=O)OC[C@H]2c2ccccc2)C(=O)C=C1Br. The van der Waals surface area contributed by atoms with E-state index in [2.05, 4.69) is 15.9 Å². The molecule has 0 aromatic heterocycles. The van der Waals surface area contributed by atoms with Crippen LogP contribution < -0.4 is 0 Å². The minimum atomic E-state index is -2.04. The van der Waals surface area contributed by atoms with Crippen molar-refractivity contribution in [1.82, 2.24) is 4.90 Å². The number of nitrogens with zero attached hydrogens (tertiary/aromatic N) is 1. The van der Waals surface area contributed by atoms with E-state index in [0.717, 1.165) is 21.6 Å². The van der Waals surface area contributed by atoms with Gasteiger partial charge in [-0.25, -0.2) is 9.69 Å². The van der Waals surface area contributed by atoms with Gasteiger partial charge in [0.1, 0.15) is 43.2 Å². The first-order valence-corrected chi connectivity index (χ1v) is 21.1. The molecule has 4 aromatic rings. The highest BCUT2D eigenvalue weighted by Gasteiger charge is 2.51. The van der Waals surface area contributed by atoms with Gasteiger partial charge >= 0.3 is 6.09 Å². The maximum Gasteiger partial charge on any atom is 0.417 e. The Kier molecular flexibility index (Phi) is 15.3. The summed E-state index contributed by atoms with van der Waals surface area (Å²) in [6.45, 7) is 0.0857. The first-order chi connectivity index (χ1) is 29.7. The Labute approximate surface area is 363 Å². The summed E-state index contributed by atoms with van der Waals surface area (Å²) in [5.41, 5.74) is 3.27. The number of hydrogen-bond donors (Lipinski definition) is 2. The highest BCUT2D eigenvalue weighted by molar-refractivity contribution is 9.11. The predicted octanol–water partition coefficient (Wildman–Crippen LogP) is 6.20. The van der Waals surface area contributed by atoms with Crippen LogP contribution in [-0.4, -0.2) is 102 Å². The van der Waals surface area contributed by atoms with Gasteiger partial charge < -0.3 is 43.4 Å². The third-order valence-corrected chi connectivity index (χ3v) is 11.9. The lowest BCUT2D eigenvalue weighted by Crippen LogP contribution is -2.61. The van der Waals surface area contributed by atoms with Crippen molar-refractivity contribution >= 4 is 33.7 Å². The molecule has 14 heteroatoms. The minimum Gasteiger partial charge on any atom is -0.446 e. The van der Waals surface area contributed by atoms with Gasteiger partial charge in [0.15, 0.2) is 17.9 Å². The van der Waals surface area contributed by atoms with Crippen LogP contribution in [0.4, 0.5) is 4.79 Å². The van der Waals surface area contributed by atoms with Crippen molar-refractivity contribution in [2.75, 3.05) is 26.9 Å². The first-order valence-electron chi connectivity index (χ1n) is 20.3. The zero-order valence-electron chi connectivity index (χ0n) is 33.7. The summed E-state index contributed by atoms with van der Waals surface area (Å²) in [5, 5.41) is 22.5. The lowest BCUT2D eigenvalue weighted by atomic mass is 9.87. The molecule has 0 aliphatic carbocycles. The molecule has 2 fully saturated rings. The number of benzene rings is 4. The van der Waals surface area contributed by atoms with Crippen molar-refractivity contribution in [3.63, 3.8) is 0 Å². The van der Waals surface area contributed by atoms with Gasteiger partial charge in [-0.2, -0.15) is 0 Å². The summed E-state index contributed by atoms with van der Waals surface area (Å²) in [7, 11) is 1.48. The Morgan fingerprint density at radius 2 is 1.39 bits per heavy atom. The second-order valence-electron chi connectivity index (χ2n) is 15.1. The third-order valence-electron chi connectivity index (χ3n) is 11.1. The molecule has 0 bridgehead atoms. The van der Waals surface area contributed by atoms with Crippen LogP contribution in [0, 0.1) is 5.92 Å². The molecule has 2 saturated heterocycles. The summed E-state index contributed by atoms with van der Waals surface area (Å²) < 4.78 is 43.0. The summed E-state index contributed by atoms with van der Waals surface area (Å²) in [5.74, 6) is -4.46. The van der Waals surface area contributed by atoms with Crippen LogP contribution in [0.2, 0.25) is 0 Å². The summed E-state index contributed by atoms with van der Waals surface area (Å²) in [6.07, 6.45) is -4.97. The average Bonchev–Trinajstić information content (AvgIpc) is 3.69. The number of carbonyl (C=O) groups is 3. The number of ether oxygens (including phenoxy) is 7. The highest BCUT2D eigenvalue weighted by atomic mass is 79.9. The number of ketones is 1. The van der Waals surface area contributed by atoms with Gasteiger partial charge in [0.05, 0.1) is 30.2 Å². The standard InChI is InChI=1S/C47H50BrNO12/c1-55-45-43(42(58-29-33-19-10-4-11-20-33)41(38(27-50)60-45)57-28-32-17-8-3-9-18-32)56-24-14-23-47(54)39(48)26-37(51)40(61-47)35(25-31-15-6-2-7-16-31)44(52)49-36(30-59-46(49)53)34-21-12-5-13-22-34/h2-13,15-22,26,35-36,38,40-43,45,50,54H,14,23-25,27-30H2,1H3/t35-,36+,38-,40-,41-,42+,43+,45+,47+/m1/s1. The lowest BCUT2D eigenvalue weighted by Gasteiger charge is -2.45. The Bertz CT molecular complexity index is 2080. The third kappa shape index (κ3) is 10.7. The van der Waals surface area contributed by atoms with Crippen molar-refractivity contribution in [3.05, 3.63) is 154 Å². The van der Waals surface area contributed by atoms with Gasteiger partial charge in [0.25, 0.3) is 0 Å². The smallest absolute Gasteiger partial charge is 0.417 e. The van der Waals surface area contributed by atoms with Gasteiger partial charge in [-0.15, -0.1) is 0 Å². The van der Waals surface area contributed by atoms with Crippen LogP contribution in [0.5, 0.6) is 0 Å². The average molecular weight is 901 g/mol. The Morgan fingerprint density at radius 1 is 0.820 bits per heavy atom. The van der Waals surface area contributed by atoms with Crippen LogP contribution in [0.25, 0.3) is 0 Å². The molecule has 61 heavy (non-hydrogen) atoms. The number of imide groups is 1. The van der Waals surface area contributed by atoms with Crippen LogP contribution in [-0.2, 0) is 62.4 Å². The van der Waals surface area contributed by atoms with Crippen molar-refractivity contribution in [2.45, 2.75) is 81.1 Å². The Balaban J connectivity index is 1.08. The molecule has 3 aliphatic heterocycles. The van der Waals surface area contributed by atoms with Crippen LogP contribution >= 0.6 is 15.9 Å². The molecule has 2 amide bonds. The number of rotatable bonds is 18. The summed E-state index contributed by atoms with van der Waals surface area (Å²) in [6, 6.07) is 36.7. The second kappa shape index (κ2) is 21.0. The van der Waals surface area contributed by atoms with Gasteiger partial charge in [-0.3, -0.25) is 9.59 Å². The Morgan fingerprint density at radius 3 is 1.98 bits per heavy atom. The van der Waals surface area contributed by atoms with E-state index >= 15 is 0 Å². The summed E-state index contributed by atoms with van der Waals surface area (Å²) in [4.78, 5) is 42.5. The number of halogens is 1. The highest BCUT2D eigenvalue weighted by Crippen LogP contribution is 2.39. The molecule has 3 aliphatic rings. The molecule has 322 valence electrons. The van der Waals surface area contributed by atoms with Crippen LogP contribution in [0.3, 0.4) is 0 Å². The normalized spacial score (nSPS) is 27.0. The molecule has 4 aromatic carbocycles. The lowest BCUT2D eigenvalue weighted by molar-refractivity contribution is -0.320. The monoisotopic (exact) mass is 899 g/mol. The second-order valence-corrected chi connectivity index (χ2v) is 16.0. The van der Waals surface area contributed by atoms with E-state index in [1.54, 1.807) is 24.3 Å². The van der Waals surface area contributed by atoms with E-state index in [1.807, 2.05) is 97.1 Å². The molecule has 2 N–H and O–H groups in total. The zero-order chi connectivity index (χ0) is 42.8. The van der Waals surface area contributed by atoms with Crippen molar-refractivity contribution < 1.29 is 57.8 Å². The van der Waals surface area contributed by atoms with E-state index in [9.17, 15) is 24.6 Å². The number of methoxy groups -OCH3 is 1. The molecule has 0 unspecified atom stereocenters. The zero-order valence-corrected chi connectivity index (χ0v) is 35.3. The number of hydrogen-bond acceptors (Lipinski definition) is 12. The fraction of sp³-hybridized carbons (Fsp3) is 0.383. The van der Waals surface area contributed by atoms with Crippen molar-refractivity contribution in [1.29, 1.82) is 0 Å². The molecule has 13 nitrogen and oxygen atoms in total. The van der Waals surface area contributed by atoms with Crippen molar-refractivity contribution in [3.8, 4) is 0 Å². The Hall–Kier alpha value is -4.61. The molecule has 0 saturated carbocycles. The van der Waals surface area contributed by atoms with Gasteiger partial charge in [-0.05, 0) is 57.1 Å². The fourth-order valence-corrected chi connectivity index (χ4v) is 8.42. The maximum atomic E-state index is 14.5. The topological polar surface area (TPSA) is 160 Å². The molecule has 0 spiro atoms. The number of cyclic esters (lactones) is 1. The molecule has 3 heterocycles. The molecule has 7 rings (SSSR count). The number of carbonyl (C=O) groups excluding carboxylic acids is 3. The minimum absolute atomic E-state index is 0.0405. The predicted molar refractivity (Wildman–Crippen MR) is 225 cm³/mol. The number of aliphatic hydroxyl groups excluding tert-OH is 1. The first kappa shape index (κ1) is 44.4. The van der Waals surface area contributed by atoms with Crippen molar-refractivity contribution in [2.24, 2.45) is 5.92 Å². The largest absolute Gasteiger partial charge is 0.446 e. The van der Waals surface area contributed by atoms with E-state index in [1.165, 1.54) is 13.2 Å². The molecular formula is C47H50BrNO12. The quantitative estimate of drug-likeness (QED) is 0.109. The molecular weight excluding hydrogens is 850 g/mol. The number of amides is 2. The van der Waals surface area contributed by atoms with Crippen LogP contribution in [0.15, 0.2) is 132 Å². The van der Waals surface area contributed by atoms with E-state index in [4.69, 9.17) is 33.2 Å². The van der Waals surface area contributed by atoms with E-state index < -0.39 is 72.3 Å². The molecule has 9 atom stereocenters. The molecule has 0 radical (unpaired) electrons. The van der Waals surface area contributed by atoms with Gasteiger partial charge in [-0.1, -0.05) is 121 Å². The van der Waals surface area contributed by atoms with Gasteiger partial charge in [0.2, 0.25) is 5.91 Å².